The second-order valence-electron chi connectivity index (χ2n) is 5.96. The number of nitrogens with one attached hydrogen (secondary N) is 2. The Morgan fingerprint density at radius 1 is 0.941 bits per heavy atom. The van der Waals surface area contributed by atoms with Gasteiger partial charge in [-0.25, -0.2) is 0 Å². The first-order chi connectivity index (χ1) is 7.87. The number of hydrogen-bond donors (Lipinski definition) is 2. The van der Waals surface area contributed by atoms with Gasteiger partial charge in [0.25, 0.3) is 0 Å². The molecule has 0 atom stereocenters. The van der Waals surface area contributed by atoms with Crippen LogP contribution in [0.3, 0.4) is 0 Å². The molecule has 0 bridgehead atoms. The third kappa shape index (κ3) is 6.44. The minimum absolute atomic E-state index is 0.178. The van der Waals surface area contributed by atoms with Gasteiger partial charge in [-0.1, -0.05) is 38.1 Å². The van der Waals surface area contributed by atoms with Crippen LogP contribution in [-0.2, 0) is 13.1 Å². The van der Waals surface area contributed by atoms with Crippen molar-refractivity contribution in [1.29, 1.82) is 0 Å². The van der Waals surface area contributed by atoms with Crippen LogP contribution in [-0.4, -0.2) is 11.6 Å². The highest BCUT2D eigenvalue weighted by Crippen LogP contribution is 2.07. The summed E-state index contributed by atoms with van der Waals surface area (Å²) in [6, 6.07) is 9.35. The molecule has 1 aromatic rings. The van der Waals surface area contributed by atoms with E-state index in [-0.39, 0.29) is 5.54 Å². The van der Waals surface area contributed by atoms with Crippen LogP contribution in [0.5, 0.6) is 0 Å². The van der Waals surface area contributed by atoms with Crippen LogP contribution in [0, 0.1) is 0 Å². The van der Waals surface area contributed by atoms with E-state index in [1.54, 1.807) is 0 Å². The van der Waals surface area contributed by atoms with Crippen molar-refractivity contribution >= 4 is 0 Å². The van der Waals surface area contributed by atoms with Crippen LogP contribution >= 0.6 is 0 Å². The average molecular weight is 234 g/mol. The smallest absolute Gasteiger partial charge is 0.0210 e. The van der Waals surface area contributed by atoms with Gasteiger partial charge in [-0.3, -0.25) is 0 Å². The molecule has 96 valence electrons. The van der Waals surface area contributed by atoms with Crippen molar-refractivity contribution in [2.24, 2.45) is 0 Å². The summed E-state index contributed by atoms with van der Waals surface area (Å²) < 4.78 is 0. The molecule has 0 aliphatic carbocycles. The van der Waals surface area contributed by atoms with Gasteiger partial charge in [-0.05, 0) is 31.9 Å². The van der Waals surface area contributed by atoms with Crippen LogP contribution in [0.1, 0.15) is 45.7 Å². The van der Waals surface area contributed by atoms with Gasteiger partial charge in [0.05, 0.1) is 0 Å². The standard InChI is InChI=1S/C15H26N2/c1-12(2)16-10-13-6-8-14(9-7-13)11-17-15(3,4)5/h6-9,12,16-17H,10-11H2,1-5H3. The number of rotatable bonds is 5. The van der Waals surface area contributed by atoms with E-state index in [0.717, 1.165) is 13.1 Å². The molecule has 0 fully saturated rings. The van der Waals surface area contributed by atoms with E-state index in [9.17, 15) is 0 Å². The van der Waals surface area contributed by atoms with Gasteiger partial charge in [0.2, 0.25) is 0 Å². The monoisotopic (exact) mass is 234 g/mol. The first-order valence-corrected chi connectivity index (χ1v) is 6.43. The maximum Gasteiger partial charge on any atom is 0.0210 e. The summed E-state index contributed by atoms with van der Waals surface area (Å²) in [6.07, 6.45) is 0. The van der Waals surface area contributed by atoms with Crippen molar-refractivity contribution < 1.29 is 0 Å². The summed E-state index contributed by atoms with van der Waals surface area (Å²) in [6.45, 7) is 12.8. The highest BCUT2D eigenvalue weighted by Gasteiger charge is 2.07. The van der Waals surface area contributed by atoms with E-state index in [1.807, 2.05) is 0 Å². The zero-order valence-electron chi connectivity index (χ0n) is 11.8. The van der Waals surface area contributed by atoms with E-state index in [1.165, 1.54) is 11.1 Å². The molecule has 0 unspecified atom stereocenters. The van der Waals surface area contributed by atoms with E-state index in [4.69, 9.17) is 0 Å². The molecule has 0 saturated carbocycles. The highest BCUT2D eigenvalue weighted by atomic mass is 14.9. The summed E-state index contributed by atoms with van der Waals surface area (Å²) in [5.74, 6) is 0. The summed E-state index contributed by atoms with van der Waals surface area (Å²) >= 11 is 0. The lowest BCUT2D eigenvalue weighted by Crippen LogP contribution is -2.35. The summed E-state index contributed by atoms with van der Waals surface area (Å²) in [5.41, 5.74) is 2.86. The molecule has 2 heteroatoms. The molecule has 0 spiro atoms. The fraction of sp³-hybridized carbons (Fsp3) is 0.600. The fourth-order valence-corrected chi connectivity index (χ4v) is 1.46. The van der Waals surface area contributed by atoms with E-state index >= 15 is 0 Å². The SMILES string of the molecule is CC(C)NCc1ccc(CNC(C)(C)C)cc1. The largest absolute Gasteiger partial charge is 0.310 e. The van der Waals surface area contributed by atoms with Crippen LogP contribution < -0.4 is 10.6 Å². The second-order valence-corrected chi connectivity index (χ2v) is 5.96. The van der Waals surface area contributed by atoms with Gasteiger partial charge in [0.1, 0.15) is 0 Å². The molecule has 0 aromatic heterocycles. The molecule has 0 aliphatic heterocycles. The molecule has 0 amide bonds. The van der Waals surface area contributed by atoms with E-state index in [2.05, 4.69) is 69.5 Å². The molecular weight excluding hydrogens is 208 g/mol. The molecular formula is C15H26N2. The van der Waals surface area contributed by atoms with E-state index < -0.39 is 0 Å². The van der Waals surface area contributed by atoms with Gasteiger partial charge >= 0.3 is 0 Å². The minimum Gasteiger partial charge on any atom is -0.310 e. The minimum atomic E-state index is 0.178. The Kier molecular flexibility index (Phi) is 5.16. The molecule has 17 heavy (non-hydrogen) atoms. The van der Waals surface area contributed by atoms with Gasteiger partial charge in [0.15, 0.2) is 0 Å². The zero-order chi connectivity index (χ0) is 12.9. The van der Waals surface area contributed by atoms with Gasteiger partial charge < -0.3 is 10.6 Å². The summed E-state index contributed by atoms with van der Waals surface area (Å²) in [4.78, 5) is 0. The van der Waals surface area contributed by atoms with Crippen LogP contribution in [0.2, 0.25) is 0 Å². The average Bonchev–Trinajstić information content (AvgIpc) is 2.24. The maximum atomic E-state index is 3.49. The van der Waals surface area contributed by atoms with Crippen molar-refractivity contribution in [2.75, 3.05) is 0 Å². The molecule has 0 heterocycles. The van der Waals surface area contributed by atoms with E-state index in [0.29, 0.717) is 6.04 Å². The highest BCUT2D eigenvalue weighted by molar-refractivity contribution is 5.22. The van der Waals surface area contributed by atoms with Gasteiger partial charge in [-0.2, -0.15) is 0 Å². The Balaban J connectivity index is 2.45. The quantitative estimate of drug-likeness (QED) is 0.818. The molecule has 2 nitrogen and oxygen atoms in total. The van der Waals surface area contributed by atoms with Crippen LogP contribution in [0.4, 0.5) is 0 Å². The lowest BCUT2D eigenvalue weighted by molar-refractivity contribution is 0.424. The molecule has 0 saturated heterocycles. The Morgan fingerprint density at radius 3 is 1.82 bits per heavy atom. The maximum absolute atomic E-state index is 3.49. The Hall–Kier alpha value is -0.860. The number of benzene rings is 1. The molecule has 0 radical (unpaired) electrons. The first kappa shape index (κ1) is 14.2. The van der Waals surface area contributed by atoms with Gasteiger partial charge in [0, 0.05) is 24.7 Å². The van der Waals surface area contributed by atoms with Crippen LogP contribution in [0.25, 0.3) is 0 Å². The second kappa shape index (κ2) is 6.18. The third-order valence-corrected chi connectivity index (χ3v) is 2.56. The van der Waals surface area contributed by atoms with Crippen LogP contribution in [0.15, 0.2) is 24.3 Å². The first-order valence-electron chi connectivity index (χ1n) is 6.43. The van der Waals surface area contributed by atoms with Crippen molar-refractivity contribution in [3.63, 3.8) is 0 Å². The number of hydrogen-bond acceptors (Lipinski definition) is 2. The van der Waals surface area contributed by atoms with Gasteiger partial charge in [-0.15, -0.1) is 0 Å². The molecule has 1 aromatic carbocycles. The summed E-state index contributed by atoms with van der Waals surface area (Å²) in [5, 5.41) is 6.91. The molecule has 1 rings (SSSR count). The Labute approximate surface area is 106 Å². The normalized spacial score (nSPS) is 12.1. The fourth-order valence-electron chi connectivity index (χ4n) is 1.46. The predicted octanol–water partition coefficient (Wildman–Crippen LogP) is 3.07. The summed E-state index contributed by atoms with van der Waals surface area (Å²) in [7, 11) is 0. The lowest BCUT2D eigenvalue weighted by atomic mass is 10.1. The topological polar surface area (TPSA) is 24.1 Å². The third-order valence-electron chi connectivity index (χ3n) is 2.56. The van der Waals surface area contributed by atoms with Crippen molar-refractivity contribution in [1.82, 2.24) is 10.6 Å². The molecule has 0 aliphatic rings. The molecule has 2 N–H and O–H groups in total. The van der Waals surface area contributed by atoms with Crippen molar-refractivity contribution in [3.8, 4) is 0 Å². The zero-order valence-corrected chi connectivity index (χ0v) is 11.8. The lowest BCUT2D eigenvalue weighted by Gasteiger charge is -2.20. The van der Waals surface area contributed by atoms with Crippen molar-refractivity contribution in [2.45, 2.75) is 59.3 Å². The van der Waals surface area contributed by atoms with Crippen molar-refractivity contribution in [3.05, 3.63) is 35.4 Å². The predicted molar refractivity (Wildman–Crippen MR) is 75.0 cm³/mol. The Morgan fingerprint density at radius 2 is 1.41 bits per heavy atom. The Bertz CT molecular complexity index is 320.